The van der Waals surface area contributed by atoms with Crippen LogP contribution in [0, 0.1) is 0 Å². The Morgan fingerprint density at radius 2 is 2.25 bits per heavy atom. The molecule has 6 heteroatoms. The van der Waals surface area contributed by atoms with E-state index in [9.17, 15) is 14.4 Å². The molecule has 2 atom stereocenters. The Morgan fingerprint density at radius 3 is 2.88 bits per heavy atom. The number of nitrogens with one attached hydrogen (secondary N) is 1. The normalized spacial score (nSPS) is 30.4. The Bertz CT molecular complexity index is 336. The molecular formula is C10H14N2O4. The van der Waals surface area contributed by atoms with E-state index < -0.39 is 24.0 Å². The highest BCUT2D eigenvalue weighted by atomic mass is 16.5. The molecule has 0 saturated carbocycles. The summed E-state index contributed by atoms with van der Waals surface area (Å²) in [7, 11) is 0. The summed E-state index contributed by atoms with van der Waals surface area (Å²) >= 11 is 0. The van der Waals surface area contributed by atoms with E-state index in [0.717, 1.165) is 6.42 Å². The fraction of sp³-hybridized carbons (Fsp3) is 0.700. The van der Waals surface area contributed by atoms with Gasteiger partial charge < -0.3 is 9.64 Å². The third kappa shape index (κ3) is 1.92. The van der Waals surface area contributed by atoms with Gasteiger partial charge in [-0.3, -0.25) is 19.7 Å². The highest BCUT2D eigenvalue weighted by Gasteiger charge is 2.37. The average Bonchev–Trinajstić information content (AvgIpc) is 2.75. The molecule has 16 heavy (non-hydrogen) atoms. The zero-order valence-corrected chi connectivity index (χ0v) is 9.06. The summed E-state index contributed by atoms with van der Waals surface area (Å²) in [5.41, 5.74) is 0. The molecule has 0 aliphatic carbocycles. The summed E-state index contributed by atoms with van der Waals surface area (Å²) in [4.78, 5) is 35.8. The van der Waals surface area contributed by atoms with Crippen LogP contribution in [0.2, 0.25) is 0 Å². The average molecular weight is 226 g/mol. The van der Waals surface area contributed by atoms with Gasteiger partial charge in [0, 0.05) is 6.61 Å². The molecule has 2 aliphatic heterocycles. The van der Waals surface area contributed by atoms with E-state index >= 15 is 0 Å². The van der Waals surface area contributed by atoms with Gasteiger partial charge in [0.15, 0.2) is 0 Å². The number of nitrogens with zero attached hydrogens (tertiary/aromatic N) is 1. The minimum absolute atomic E-state index is 0.0639. The largest absolute Gasteiger partial charge is 0.368 e. The van der Waals surface area contributed by atoms with Crippen molar-refractivity contribution in [2.45, 2.75) is 31.9 Å². The number of hydrogen-bond donors (Lipinski definition) is 1. The van der Waals surface area contributed by atoms with Crippen LogP contribution >= 0.6 is 0 Å². The molecule has 2 saturated heterocycles. The Labute approximate surface area is 92.9 Å². The molecule has 0 aromatic heterocycles. The van der Waals surface area contributed by atoms with Crippen LogP contribution in [0.5, 0.6) is 0 Å². The first-order valence-electron chi connectivity index (χ1n) is 5.35. The first-order valence-corrected chi connectivity index (χ1v) is 5.35. The first-order chi connectivity index (χ1) is 7.59. The Balaban J connectivity index is 2.09. The van der Waals surface area contributed by atoms with Crippen LogP contribution in [0.15, 0.2) is 0 Å². The van der Waals surface area contributed by atoms with Crippen LogP contribution in [-0.4, -0.2) is 47.9 Å². The zero-order chi connectivity index (χ0) is 11.7. The molecule has 2 rings (SSSR count). The molecule has 0 bridgehead atoms. The summed E-state index contributed by atoms with van der Waals surface area (Å²) in [6.07, 6.45) is 1.03. The smallest absolute Gasteiger partial charge is 0.252 e. The maximum Gasteiger partial charge on any atom is 0.252 e. The number of hydrogen-bond acceptors (Lipinski definition) is 4. The van der Waals surface area contributed by atoms with Gasteiger partial charge in [-0.1, -0.05) is 0 Å². The van der Waals surface area contributed by atoms with Crippen LogP contribution in [0.25, 0.3) is 0 Å². The van der Waals surface area contributed by atoms with Gasteiger partial charge in [-0.15, -0.1) is 0 Å². The van der Waals surface area contributed by atoms with Gasteiger partial charge in [0.2, 0.25) is 11.8 Å². The van der Waals surface area contributed by atoms with Gasteiger partial charge in [0.25, 0.3) is 5.91 Å². The van der Waals surface area contributed by atoms with Crippen LogP contribution in [0.4, 0.5) is 0 Å². The number of piperazine rings is 1. The summed E-state index contributed by atoms with van der Waals surface area (Å²) in [5, 5.41) is 2.19. The summed E-state index contributed by atoms with van der Waals surface area (Å²) in [6.45, 7) is 2.11. The third-order valence-electron chi connectivity index (χ3n) is 2.91. The van der Waals surface area contributed by atoms with Gasteiger partial charge in [-0.25, -0.2) is 0 Å². The quantitative estimate of drug-likeness (QED) is 0.584. The maximum absolute atomic E-state index is 12.0. The van der Waals surface area contributed by atoms with Crippen LogP contribution < -0.4 is 5.32 Å². The van der Waals surface area contributed by atoms with Gasteiger partial charge in [0.05, 0.1) is 0 Å². The predicted octanol–water partition coefficient (Wildman–Crippen LogP) is -0.961. The van der Waals surface area contributed by atoms with Crippen molar-refractivity contribution in [2.75, 3.05) is 13.2 Å². The number of carbonyl (C=O) groups excluding carboxylic acids is 3. The number of rotatable bonds is 1. The molecule has 2 aliphatic rings. The number of ether oxygens (including phenoxy) is 1. The van der Waals surface area contributed by atoms with Gasteiger partial charge >= 0.3 is 0 Å². The summed E-state index contributed by atoms with van der Waals surface area (Å²) < 4.78 is 5.25. The minimum atomic E-state index is -0.602. The third-order valence-corrected chi connectivity index (χ3v) is 2.91. The molecule has 6 nitrogen and oxygen atoms in total. The molecule has 88 valence electrons. The molecule has 0 aromatic rings. The predicted molar refractivity (Wildman–Crippen MR) is 53.3 cm³/mol. The lowest BCUT2D eigenvalue weighted by molar-refractivity contribution is -0.154. The lowest BCUT2D eigenvalue weighted by Crippen LogP contribution is -2.60. The molecule has 0 radical (unpaired) electrons. The van der Waals surface area contributed by atoms with Crippen molar-refractivity contribution in [3.63, 3.8) is 0 Å². The highest BCUT2D eigenvalue weighted by Crippen LogP contribution is 2.17. The topological polar surface area (TPSA) is 75.7 Å². The van der Waals surface area contributed by atoms with Crippen molar-refractivity contribution in [1.29, 1.82) is 0 Å². The SMILES string of the molecule is CC1C(=O)NC(=O)CN1C(=O)C1CCCO1. The van der Waals surface area contributed by atoms with Gasteiger partial charge in [-0.2, -0.15) is 0 Å². The monoisotopic (exact) mass is 226 g/mol. The number of amides is 3. The van der Waals surface area contributed by atoms with Gasteiger partial charge in [-0.05, 0) is 19.8 Å². The fourth-order valence-electron chi connectivity index (χ4n) is 1.94. The van der Waals surface area contributed by atoms with Crippen molar-refractivity contribution in [3.05, 3.63) is 0 Å². The number of imide groups is 1. The first kappa shape index (κ1) is 11.1. The molecule has 0 aromatic carbocycles. The second-order valence-electron chi connectivity index (χ2n) is 4.06. The Hall–Kier alpha value is -1.43. The zero-order valence-electron chi connectivity index (χ0n) is 9.06. The highest BCUT2D eigenvalue weighted by molar-refractivity contribution is 6.04. The molecule has 3 amide bonds. The maximum atomic E-state index is 12.0. The lowest BCUT2D eigenvalue weighted by Gasteiger charge is -2.33. The number of carbonyl (C=O) groups is 3. The molecule has 2 fully saturated rings. The minimum Gasteiger partial charge on any atom is -0.368 e. The Morgan fingerprint density at radius 1 is 1.50 bits per heavy atom. The Kier molecular flexibility index (Phi) is 2.91. The van der Waals surface area contributed by atoms with Crippen LogP contribution in [-0.2, 0) is 19.1 Å². The molecule has 2 heterocycles. The van der Waals surface area contributed by atoms with E-state index in [-0.39, 0.29) is 12.5 Å². The standard InChI is InChI=1S/C10H14N2O4/c1-6-9(14)11-8(13)5-12(6)10(15)7-3-2-4-16-7/h6-7H,2-5H2,1H3,(H,11,13,14). The van der Waals surface area contributed by atoms with E-state index in [2.05, 4.69) is 5.32 Å². The van der Waals surface area contributed by atoms with E-state index in [1.54, 1.807) is 6.92 Å². The van der Waals surface area contributed by atoms with Crippen molar-refractivity contribution in [3.8, 4) is 0 Å². The molecule has 2 unspecified atom stereocenters. The summed E-state index contributed by atoms with van der Waals surface area (Å²) in [6, 6.07) is -0.602. The van der Waals surface area contributed by atoms with Gasteiger partial charge in [0.1, 0.15) is 18.7 Å². The fourth-order valence-corrected chi connectivity index (χ4v) is 1.94. The van der Waals surface area contributed by atoms with Crippen molar-refractivity contribution in [2.24, 2.45) is 0 Å². The second kappa shape index (κ2) is 4.21. The van der Waals surface area contributed by atoms with Crippen LogP contribution in [0.3, 0.4) is 0 Å². The second-order valence-corrected chi connectivity index (χ2v) is 4.06. The van der Waals surface area contributed by atoms with E-state index in [4.69, 9.17) is 4.74 Å². The van der Waals surface area contributed by atoms with Crippen molar-refractivity contribution < 1.29 is 19.1 Å². The van der Waals surface area contributed by atoms with E-state index in [1.807, 2.05) is 0 Å². The van der Waals surface area contributed by atoms with E-state index in [1.165, 1.54) is 4.90 Å². The van der Waals surface area contributed by atoms with E-state index in [0.29, 0.717) is 13.0 Å². The summed E-state index contributed by atoms with van der Waals surface area (Å²) in [5.74, 6) is -1.12. The van der Waals surface area contributed by atoms with Crippen molar-refractivity contribution in [1.82, 2.24) is 10.2 Å². The molecular weight excluding hydrogens is 212 g/mol. The molecule has 0 spiro atoms. The molecule has 1 N–H and O–H groups in total. The van der Waals surface area contributed by atoms with Crippen LogP contribution in [0.1, 0.15) is 19.8 Å². The lowest BCUT2D eigenvalue weighted by atomic mass is 10.1. The van der Waals surface area contributed by atoms with Crippen molar-refractivity contribution >= 4 is 17.7 Å².